The smallest absolute Gasteiger partial charge is 0.306 e. The summed E-state index contributed by atoms with van der Waals surface area (Å²) in [5.74, 6) is -0.354. The third kappa shape index (κ3) is 7.89. The number of ether oxygens (including phenoxy) is 1. The van der Waals surface area contributed by atoms with Crippen LogP contribution in [0.3, 0.4) is 0 Å². The van der Waals surface area contributed by atoms with Crippen molar-refractivity contribution in [3.8, 4) is 0 Å². The van der Waals surface area contributed by atoms with E-state index in [0.29, 0.717) is 11.4 Å². The van der Waals surface area contributed by atoms with Gasteiger partial charge in [0.05, 0.1) is 0 Å². The molecule has 1 amide bonds. The summed E-state index contributed by atoms with van der Waals surface area (Å²) in [5.41, 5.74) is 0.769. The Morgan fingerprint density at radius 2 is 1.77 bits per heavy atom. The number of hydrogen-bond acceptors (Lipinski definition) is 4. The molecule has 7 heteroatoms. The monoisotopic (exact) mass is 395 g/mol. The number of carbonyl (C=O) groups excluding carboxylic acids is 2. The number of esters is 1. The molecule has 0 unspecified atom stereocenters. The molecule has 2 aromatic carbocycles. The Hall–Kier alpha value is -2.05. The van der Waals surface area contributed by atoms with Crippen molar-refractivity contribution in [1.29, 1.82) is 0 Å². The zero-order valence-corrected chi connectivity index (χ0v) is 15.6. The molecule has 0 radical (unpaired) electrons. The predicted octanol–water partition coefficient (Wildman–Crippen LogP) is 4.21. The molecule has 2 rings (SSSR count). The zero-order valence-electron chi connectivity index (χ0n) is 14.0. The average Bonchev–Trinajstić information content (AvgIpc) is 2.64. The van der Waals surface area contributed by atoms with Gasteiger partial charge in [-0.2, -0.15) is 0 Å². The van der Waals surface area contributed by atoms with Crippen molar-refractivity contribution in [2.45, 2.75) is 24.3 Å². The minimum Gasteiger partial charge on any atom is -0.456 e. The SMILES string of the molecule is O=C(COC(=O)CCCSc1ccc(Cl)cc1)NCc1ccc(F)cc1. The van der Waals surface area contributed by atoms with E-state index in [9.17, 15) is 14.0 Å². The zero-order chi connectivity index (χ0) is 18.8. The summed E-state index contributed by atoms with van der Waals surface area (Å²) in [6.45, 7) is -0.0568. The fourth-order valence-corrected chi connectivity index (χ4v) is 2.99. The van der Waals surface area contributed by atoms with Crippen molar-refractivity contribution in [1.82, 2.24) is 5.32 Å². The van der Waals surface area contributed by atoms with Gasteiger partial charge >= 0.3 is 5.97 Å². The molecule has 4 nitrogen and oxygen atoms in total. The average molecular weight is 396 g/mol. The van der Waals surface area contributed by atoms with E-state index in [1.165, 1.54) is 12.1 Å². The molecule has 0 saturated heterocycles. The van der Waals surface area contributed by atoms with Gasteiger partial charge in [0, 0.05) is 22.9 Å². The van der Waals surface area contributed by atoms with E-state index in [2.05, 4.69) is 5.32 Å². The normalized spacial score (nSPS) is 10.4. The molecule has 0 aliphatic carbocycles. The molecule has 0 heterocycles. The Balaban J connectivity index is 1.55. The van der Waals surface area contributed by atoms with Gasteiger partial charge in [-0.15, -0.1) is 11.8 Å². The first-order valence-corrected chi connectivity index (χ1v) is 9.44. The molecule has 0 atom stereocenters. The first-order chi connectivity index (χ1) is 12.5. The third-order valence-electron chi connectivity index (χ3n) is 3.37. The number of halogens is 2. The fourth-order valence-electron chi connectivity index (χ4n) is 2.01. The van der Waals surface area contributed by atoms with Crippen LogP contribution in [0.2, 0.25) is 5.02 Å². The molecular formula is C19H19ClFNO3S. The highest BCUT2D eigenvalue weighted by atomic mass is 35.5. The summed E-state index contributed by atoms with van der Waals surface area (Å²) in [4.78, 5) is 24.4. The molecule has 0 aromatic heterocycles. The quantitative estimate of drug-likeness (QED) is 0.392. The van der Waals surface area contributed by atoms with Gasteiger partial charge in [-0.3, -0.25) is 9.59 Å². The lowest BCUT2D eigenvalue weighted by molar-refractivity contribution is -0.148. The molecule has 2 aromatic rings. The molecule has 0 bridgehead atoms. The summed E-state index contributed by atoms with van der Waals surface area (Å²) in [5, 5.41) is 3.30. The molecule has 0 saturated carbocycles. The van der Waals surface area contributed by atoms with Crippen LogP contribution in [0.15, 0.2) is 53.4 Å². The molecule has 0 fully saturated rings. The van der Waals surface area contributed by atoms with E-state index in [1.54, 1.807) is 23.9 Å². The van der Waals surface area contributed by atoms with Crippen LogP contribution in [0.25, 0.3) is 0 Å². The van der Waals surface area contributed by atoms with Crippen molar-refractivity contribution in [3.63, 3.8) is 0 Å². The number of carbonyl (C=O) groups is 2. The Kier molecular flexibility index (Phi) is 8.44. The van der Waals surface area contributed by atoms with Gasteiger partial charge in [-0.25, -0.2) is 4.39 Å². The second kappa shape index (κ2) is 10.8. The summed E-state index contributed by atoms with van der Waals surface area (Å²) in [6.07, 6.45) is 0.912. The minimum absolute atomic E-state index is 0.256. The highest BCUT2D eigenvalue weighted by molar-refractivity contribution is 7.99. The van der Waals surface area contributed by atoms with E-state index in [-0.39, 0.29) is 25.4 Å². The molecule has 138 valence electrons. The van der Waals surface area contributed by atoms with Gasteiger partial charge in [0.1, 0.15) is 5.82 Å². The van der Waals surface area contributed by atoms with Crippen molar-refractivity contribution in [2.24, 2.45) is 0 Å². The topological polar surface area (TPSA) is 55.4 Å². The van der Waals surface area contributed by atoms with Crippen LogP contribution in [0, 0.1) is 5.82 Å². The van der Waals surface area contributed by atoms with E-state index in [4.69, 9.17) is 16.3 Å². The lowest BCUT2D eigenvalue weighted by Gasteiger charge is -2.07. The minimum atomic E-state index is -0.404. The number of nitrogens with one attached hydrogen (secondary N) is 1. The van der Waals surface area contributed by atoms with E-state index in [0.717, 1.165) is 16.2 Å². The summed E-state index contributed by atoms with van der Waals surface area (Å²) in [6, 6.07) is 13.3. The maximum atomic E-state index is 12.8. The highest BCUT2D eigenvalue weighted by Crippen LogP contribution is 2.21. The Morgan fingerprint density at radius 1 is 1.08 bits per heavy atom. The second-order valence-corrected chi connectivity index (χ2v) is 7.07. The number of amides is 1. The number of benzene rings is 2. The first-order valence-electron chi connectivity index (χ1n) is 8.08. The summed E-state index contributed by atoms with van der Waals surface area (Å²) >= 11 is 7.45. The van der Waals surface area contributed by atoms with E-state index < -0.39 is 11.9 Å². The molecule has 26 heavy (non-hydrogen) atoms. The van der Waals surface area contributed by atoms with Gasteiger partial charge in [0.25, 0.3) is 5.91 Å². The van der Waals surface area contributed by atoms with Crippen LogP contribution in [0.1, 0.15) is 18.4 Å². The standard InChI is InChI=1S/C19H19ClFNO3S/c20-15-5-9-17(10-6-15)26-11-1-2-19(24)25-13-18(23)22-12-14-3-7-16(21)8-4-14/h3-10H,1-2,11-13H2,(H,22,23). The van der Waals surface area contributed by atoms with Crippen molar-refractivity contribution < 1.29 is 18.7 Å². The van der Waals surface area contributed by atoms with Crippen LogP contribution >= 0.6 is 23.4 Å². The first kappa shape index (κ1) is 20.3. The van der Waals surface area contributed by atoms with Crippen LogP contribution < -0.4 is 5.32 Å². The van der Waals surface area contributed by atoms with Crippen molar-refractivity contribution in [2.75, 3.05) is 12.4 Å². The fraction of sp³-hybridized carbons (Fsp3) is 0.263. The predicted molar refractivity (Wildman–Crippen MR) is 101 cm³/mol. The largest absolute Gasteiger partial charge is 0.456 e. The number of hydrogen-bond donors (Lipinski definition) is 1. The molecule has 1 N–H and O–H groups in total. The van der Waals surface area contributed by atoms with Crippen molar-refractivity contribution in [3.05, 3.63) is 64.9 Å². The number of thioether (sulfide) groups is 1. The summed E-state index contributed by atoms with van der Waals surface area (Å²) in [7, 11) is 0. The molecular weight excluding hydrogens is 377 g/mol. The Bertz CT molecular complexity index is 723. The van der Waals surface area contributed by atoms with E-state index in [1.807, 2.05) is 24.3 Å². The van der Waals surface area contributed by atoms with Gasteiger partial charge in [-0.1, -0.05) is 23.7 Å². The highest BCUT2D eigenvalue weighted by Gasteiger charge is 2.07. The van der Waals surface area contributed by atoms with Gasteiger partial charge in [0.2, 0.25) is 0 Å². The van der Waals surface area contributed by atoms with Crippen LogP contribution in [-0.4, -0.2) is 24.2 Å². The summed E-state index contributed by atoms with van der Waals surface area (Å²) < 4.78 is 17.7. The lowest BCUT2D eigenvalue weighted by atomic mass is 10.2. The van der Waals surface area contributed by atoms with Gasteiger partial charge < -0.3 is 10.1 Å². The Labute approximate surface area is 161 Å². The van der Waals surface area contributed by atoms with Crippen LogP contribution in [0.5, 0.6) is 0 Å². The van der Waals surface area contributed by atoms with Crippen molar-refractivity contribution >= 4 is 35.2 Å². The number of rotatable bonds is 9. The van der Waals surface area contributed by atoms with Gasteiger partial charge in [-0.05, 0) is 54.1 Å². The van der Waals surface area contributed by atoms with Crippen LogP contribution in [-0.2, 0) is 20.9 Å². The second-order valence-electron chi connectivity index (χ2n) is 5.47. The molecule has 0 spiro atoms. The maximum Gasteiger partial charge on any atom is 0.306 e. The molecule has 0 aliphatic rings. The maximum absolute atomic E-state index is 12.8. The molecule has 0 aliphatic heterocycles. The third-order valence-corrected chi connectivity index (χ3v) is 4.73. The van der Waals surface area contributed by atoms with Crippen LogP contribution in [0.4, 0.5) is 4.39 Å². The van der Waals surface area contributed by atoms with Gasteiger partial charge in [0.15, 0.2) is 6.61 Å². The Morgan fingerprint density at radius 3 is 2.46 bits per heavy atom. The van der Waals surface area contributed by atoms with E-state index >= 15 is 0 Å². The lowest BCUT2D eigenvalue weighted by Crippen LogP contribution is -2.28.